The van der Waals surface area contributed by atoms with Gasteiger partial charge in [-0.1, -0.05) is 0 Å². The van der Waals surface area contributed by atoms with Crippen molar-refractivity contribution in [2.45, 2.75) is 39.3 Å². The molecule has 116 valence electrons. The molecule has 22 heavy (non-hydrogen) atoms. The van der Waals surface area contributed by atoms with Gasteiger partial charge in [-0.15, -0.1) is 0 Å². The largest absolute Gasteiger partial charge is 0.462 e. The summed E-state index contributed by atoms with van der Waals surface area (Å²) in [6, 6.07) is 3.78. The molecule has 1 atom stereocenters. The van der Waals surface area contributed by atoms with Crippen LogP contribution in [0.25, 0.3) is 0 Å². The number of nitrogens with one attached hydrogen (secondary N) is 1. The summed E-state index contributed by atoms with van der Waals surface area (Å²) >= 11 is 0. The Morgan fingerprint density at radius 2 is 2.36 bits per heavy atom. The minimum absolute atomic E-state index is 0.259. The van der Waals surface area contributed by atoms with Crippen LogP contribution in [0, 0.1) is 6.92 Å². The molecule has 0 saturated heterocycles. The normalized spacial score (nSPS) is 16.9. The van der Waals surface area contributed by atoms with E-state index in [1.807, 2.05) is 11.6 Å². The van der Waals surface area contributed by atoms with E-state index < -0.39 is 0 Å². The average Bonchev–Trinajstić information content (AvgIpc) is 2.87. The highest BCUT2D eigenvalue weighted by molar-refractivity contribution is 5.89. The first kappa shape index (κ1) is 14.5. The van der Waals surface area contributed by atoms with Crippen LogP contribution in [0.4, 0.5) is 5.82 Å². The van der Waals surface area contributed by atoms with Crippen molar-refractivity contribution in [1.82, 2.24) is 19.7 Å². The molecule has 2 aromatic heterocycles. The van der Waals surface area contributed by atoms with Gasteiger partial charge in [-0.05, 0) is 32.4 Å². The Morgan fingerprint density at radius 3 is 3.09 bits per heavy atom. The van der Waals surface area contributed by atoms with Gasteiger partial charge in [-0.25, -0.2) is 19.4 Å². The lowest BCUT2D eigenvalue weighted by Crippen LogP contribution is -2.32. The van der Waals surface area contributed by atoms with Gasteiger partial charge >= 0.3 is 5.97 Å². The Bertz CT molecular complexity index is 665. The summed E-state index contributed by atoms with van der Waals surface area (Å²) in [6.07, 6.45) is 3.42. The number of hydrogen-bond acceptors (Lipinski definition) is 6. The van der Waals surface area contributed by atoms with Crippen molar-refractivity contribution in [2.24, 2.45) is 0 Å². The van der Waals surface area contributed by atoms with Gasteiger partial charge in [0.15, 0.2) is 0 Å². The molecule has 7 heteroatoms. The number of esters is 1. The Kier molecular flexibility index (Phi) is 4.04. The van der Waals surface area contributed by atoms with Gasteiger partial charge in [0, 0.05) is 18.7 Å². The predicted molar refractivity (Wildman–Crippen MR) is 80.7 cm³/mol. The number of hydrogen-bond donors (Lipinski definition) is 1. The number of carbonyl (C=O) groups is 1. The van der Waals surface area contributed by atoms with E-state index in [4.69, 9.17) is 4.74 Å². The molecule has 0 saturated carbocycles. The number of carbonyl (C=O) groups excluding carboxylic acids is 1. The van der Waals surface area contributed by atoms with E-state index in [9.17, 15) is 4.79 Å². The highest BCUT2D eigenvalue weighted by Gasteiger charge is 2.21. The van der Waals surface area contributed by atoms with Gasteiger partial charge in [0.2, 0.25) is 0 Å². The molecule has 0 spiro atoms. The second kappa shape index (κ2) is 6.13. The summed E-state index contributed by atoms with van der Waals surface area (Å²) in [5.74, 6) is 2.26. The molecule has 0 aliphatic carbocycles. The first-order valence-corrected chi connectivity index (χ1v) is 7.45. The highest BCUT2D eigenvalue weighted by atomic mass is 16.5. The highest BCUT2D eigenvalue weighted by Crippen LogP contribution is 2.17. The second-order valence-electron chi connectivity index (χ2n) is 5.29. The van der Waals surface area contributed by atoms with Gasteiger partial charge in [0.1, 0.15) is 17.5 Å². The zero-order chi connectivity index (χ0) is 15.5. The average molecular weight is 301 g/mol. The molecule has 3 rings (SSSR count). The van der Waals surface area contributed by atoms with Crippen LogP contribution in [-0.2, 0) is 17.7 Å². The van der Waals surface area contributed by atoms with Crippen molar-refractivity contribution in [3.63, 3.8) is 0 Å². The second-order valence-corrected chi connectivity index (χ2v) is 5.29. The fourth-order valence-electron chi connectivity index (χ4n) is 2.58. The van der Waals surface area contributed by atoms with Crippen LogP contribution in [0.15, 0.2) is 18.3 Å². The number of anilines is 1. The van der Waals surface area contributed by atoms with Crippen molar-refractivity contribution < 1.29 is 9.53 Å². The molecular weight excluding hydrogens is 282 g/mol. The smallest absolute Gasteiger partial charge is 0.339 e. The van der Waals surface area contributed by atoms with E-state index in [1.54, 1.807) is 19.1 Å². The van der Waals surface area contributed by atoms with Crippen LogP contribution in [-0.4, -0.2) is 38.4 Å². The Balaban J connectivity index is 1.63. The Labute approximate surface area is 128 Å². The van der Waals surface area contributed by atoms with Gasteiger partial charge in [-0.3, -0.25) is 0 Å². The molecule has 0 fully saturated rings. The quantitative estimate of drug-likeness (QED) is 0.864. The minimum Gasteiger partial charge on any atom is -0.462 e. The Morgan fingerprint density at radius 1 is 1.50 bits per heavy atom. The first-order chi connectivity index (χ1) is 10.7. The molecule has 1 N–H and O–H groups in total. The molecule has 7 nitrogen and oxygen atoms in total. The lowest BCUT2D eigenvalue weighted by molar-refractivity contribution is 0.0526. The van der Waals surface area contributed by atoms with Gasteiger partial charge in [-0.2, -0.15) is 5.10 Å². The molecule has 0 bridgehead atoms. The molecular formula is C15H19N5O2. The van der Waals surface area contributed by atoms with E-state index in [-0.39, 0.29) is 12.0 Å². The molecule has 0 aromatic carbocycles. The van der Waals surface area contributed by atoms with Crippen molar-refractivity contribution in [1.29, 1.82) is 0 Å². The molecule has 3 heterocycles. The fourth-order valence-corrected chi connectivity index (χ4v) is 2.58. The third-order valence-corrected chi connectivity index (χ3v) is 3.59. The van der Waals surface area contributed by atoms with Crippen molar-refractivity contribution >= 4 is 11.8 Å². The molecule has 1 aliphatic heterocycles. The zero-order valence-electron chi connectivity index (χ0n) is 12.7. The van der Waals surface area contributed by atoms with E-state index in [0.717, 1.165) is 36.9 Å². The van der Waals surface area contributed by atoms with E-state index in [0.29, 0.717) is 12.2 Å². The number of rotatable bonds is 4. The number of nitrogens with zero attached hydrogens (tertiary/aromatic N) is 4. The molecule has 1 unspecified atom stereocenters. The molecule has 0 amide bonds. The third-order valence-electron chi connectivity index (χ3n) is 3.59. The lowest BCUT2D eigenvalue weighted by Gasteiger charge is -2.24. The third kappa shape index (κ3) is 3.08. The van der Waals surface area contributed by atoms with E-state index >= 15 is 0 Å². The number of ether oxygens (including phenoxy) is 1. The Hall–Kier alpha value is -2.44. The predicted octanol–water partition coefficient (Wildman–Crippen LogP) is 1.59. The number of aryl methyl sites for hydroxylation is 2. The van der Waals surface area contributed by atoms with Gasteiger partial charge in [0.05, 0.1) is 18.7 Å². The van der Waals surface area contributed by atoms with Crippen LogP contribution >= 0.6 is 0 Å². The summed E-state index contributed by atoms with van der Waals surface area (Å²) in [7, 11) is 0. The number of aromatic nitrogens is 4. The van der Waals surface area contributed by atoms with Crippen LogP contribution in [0.3, 0.4) is 0 Å². The number of fused-ring (bicyclic) bond motifs is 1. The zero-order valence-corrected chi connectivity index (χ0v) is 12.7. The van der Waals surface area contributed by atoms with Crippen LogP contribution < -0.4 is 5.32 Å². The maximum atomic E-state index is 11.6. The summed E-state index contributed by atoms with van der Waals surface area (Å²) in [5.41, 5.74) is 0.463. The maximum Gasteiger partial charge on any atom is 0.339 e. The standard InChI is InChI=1S/C15H19N5O2/c1-3-22-15(21)11-4-6-13(16-8-11)18-12-5-7-14-17-10(2)19-20(14)9-12/h4,6,8,12H,3,5,7,9H2,1-2H3,(H,16,18). The summed E-state index contributed by atoms with van der Waals surface area (Å²) in [6.45, 7) is 4.83. The SMILES string of the molecule is CCOC(=O)c1ccc(NC2CCc3nc(C)nn3C2)nc1. The number of pyridine rings is 1. The van der Waals surface area contributed by atoms with Crippen molar-refractivity contribution in [3.05, 3.63) is 35.5 Å². The summed E-state index contributed by atoms with van der Waals surface area (Å²) in [5, 5.41) is 7.76. The fraction of sp³-hybridized carbons (Fsp3) is 0.467. The molecule has 1 aliphatic rings. The molecule has 0 radical (unpaired) electrons. The topological polar surface area (TPSA) is 81.9 Å². The first-order valence-electron chi connectivity index (χ1n) is 7.45. The minimum atomic E-state index is -0.345. The van der Waals surface area contributed by atoms with Crippen molar-refractivity contribution in [2.75, 3.05) is 11.9 Å². The van der Waals surface area contributed by atoms with Crippen molar-refractivity contribution in [3.8, 4) is 0 Å². The van der Waals surface area contributed by atoms with Gasteiger partial charge < -0.3 is 10.1 Å². The summed E-state index contributed by atoms with van der Waals surface area (Å²) < 4.78 is 6.89. The molecule has 2 aromatic rings. The lowest BCUT2D eigenvalue weighted by atomic mass is 10.1. The van der Waals surface area contributed by atoms with Crippen LogP contribution in [0.5, 0.6) is 0 Å². The van der Waals surface area contributed by atoms with Gasteiger partial charge in [0.25, 0.3) is 0 Å². The van der Waals surface area contributed by atoms with E-state index in [2.05, 4.69) is 20.4 Å². The maximum absolute atomic E-state index is 11.6. The van der Waals surface area contributed by atoms with Crippen LogP contribution in [0.1, 0.15) is 35.4 Å². The van der Waals surface area contributed by atoms with E-state index in [1.165, 1.54) is 6.20 Å². The monoisotopic (exact) mass is 301 g/mol. The van der Waals surface area contributed by atoms with Crippen LogP contribution in [0.2, 0.25) is 0 Å². The summed E-state index contributed by atoms with van der Waals surface area (Å²) in [4.78, 5) is 20.3.